The van der Waals surface area contributed by atoms with Crippen LogP contribution in [0.2, 0.25) is 36.3 Å². The highest BCUT2D eigenvalue weighted by atomic mass is 28.4. The number of hydrogen-bond acceptors (Lipinski definition) is 3. The lowest BCUT2D eigenvalue weighted by Gasteiger charge is -2.45. The summed E-state index contributed by atoms with van der Waals surface area (Å²) in [7, 11) is -3.73. The lowest BCUT2D eigenvalue weighted by atomic mass is 9.61. The molecule has 222 valence electrons. The molecule has 0 aromatic carbocycles. The first-order valence-electron chi connectivity index (χ1n) is 15.9. The molecule has 0 N–H and O–H groups in total. The third-order valence-electron chi connectivity index (χ3n) is 11.7. The fraction of sp³-hybridized carbons (Fsp3) is 0.853. The second-order valence-corrected chi connectivity index (χ2v) is 26.2. The standard InChI is InChI=1S/C34H61NO2Si2/c1-25(19-21-35)30-17-18-31-27(14-13-20-34(30,31)8)16-15-26-22-28(36-38(9,10)32(2,3)4)24-29(23-26)37-39(11,12)33(5,6)7/h15-16,25,28-31H,13-14,17-20,22-24H2,1-12H3/b27-16+/t25-,28-,29-,30-,31+,34-/m1/s1. The summed E-state index contributed by atoms with van der Waals surface area (Å²) in [6, 6.07) is 2.45. The van der Waals surface area contributed by atoms with Gasteiger partial charge in [-0.3, -0.25) is 0 Å². The number of nitrogens with zero attached hydrogens (tertiary/aromatic N) is 1. The van der Waals surface area contributed by atoms with Gasteiger partial charge in [-0.05, 0) is 111 Å². The molecule has 0 aliphatic heterocycles. The van der Waals surface area contributed by atoms with Gasteiger partial charge in [-0.2, -0.15) is 5.26 Å². The minimum atomic E-state index is -1.86. The molecule has 0 spiro atoms. The van der Waals surface area contributed by atoms with Gasteiger partial charge < -0.3 is 8.85 Å². The highest BCUT2D eigenvalue weighted by Crippen LogP contribution is 2.59. The third kappa shape index (κ3) is 7.40. The van der Waals surface area contributed by atoms with Crippen molar-refractivity contribution >= 4 is 16.6 Å². The molecule has 0 radical (unpaired) electrons. The van der Waals surface area contributed by atoms with Gasteiger partial charge in [0.25, 0.3) is 0 Å². The Labute approximate surface area is 244 Å². The summed E-state index contributed by atoms with van der Waals surface area (Å²) in [6.45, 7) is 28.5. The number of rotatable bonds is 7. The largest absolute Gasteiger partial charge is 0.414 e. The van der Waals surface area contributed by atoms with E-state index in [1.54, 1.807) is 5.57 Å². The van der Waals surface area contributed by atoms with E-state index in [2.05, 4.69) is 99.8 Å². The van der Waals surface area contributed by atoms with E-state index < -0.39 is 16.6 Å². The molecule has 3 nitrogen and oxygen atoms in total. The normalized spacial score (nSPS) is 32.6. The van der Waals surface area contributed by atoms with E-state index in [-0.39, 0.29) is 22.3 Å². The number of fused-ring (bicyclic) bond motifs is 1. The fourth-order valence-electron chi connectivity index (χ4n) is 7.36. The van der Waals surface area contributed by atoms with Crippen LogP contribution in [0.4, 0.5) is 0 Å². The van der Waals surface area contributed by atoms with E-state index in [1.807, 2.05) is 0 Å². The summed E-state index contributed by atoms with van der Waals surface area (Å²) < 4.78 is 14.1. The number of nitriles is 1. The second kappa shape index (κ2) is 11.9. The van der Waals surface area contributed by atoms with Crippen molar-refractivity contribution in [1.29, 1.82) is 5.26 Å². The Morgan fingerprint density at radius 2 is 1.49 bits per heavy atom. The zero-order chi connectivity index (χ0) is 29.4. The van der Waals surface area contributed by atoms with Gasteiger partial charge in [0.1, 0.15) is 0 Å². The Balaban J connectivity index is 1.86. The molecular weight excluding hydrogens is 511 g/mol. The van der Waals surface area contributed by atoms with E-state index in [0.29, 0.717) is 29.6 Å². The SMILES string of the molecule is C[C@H](CC#N)[C@H]1CC[C@H]2/C(=C/C=C3C[C@@H](O[Si](C)(C)C(C)(C)C)C[C@H](O[Si](C)(C)C(C)(C)C)C3)CCC[C@]12C. The maximum Gasteiger partial charge on any atom is 0.192 e. The molecule has 0 amide bonds. The molecule has 0 unspecified atom stereocenters. The van der Waals surface area contributed by atoms with E-state index in [9.17, 15) is 5.26 Å². The first-order valence-corrected chi connectivity index (χ1v) is 21.7. The van der Waals surface area contributed by atoms with E-state index in [4.69, 9.17) is 8.85 Å². The predicted octanol–water partition coefficient (Wildman–Crippen LogP) is 10.6. The highest BCUT2D eigenvalue weighted by Gasteiger charge is 2.50. The minimum Gasteiger partial charge on any atom is -0.414 e. The van der Waals surface area contributed by atoms with Crippen LogP contribution in [0, 0.1) is 34.5 Å². The molecule has 39 heavy (non-hydrogen) atoms. The predicted molar refractivity (Wildman–Crippen MR) is 172 cm³/mol. The number of allylic oxidation sites excluding steroid dienone is 3. The summed E-state index contributed by atoms with van der Waals surface area (Å²) >= 11 is 0. The monoisotopic (exact) mass is 571 g/mol. The Morgan fingerprint density at radius 3 is 1.97 bits per heavy atom. The number of hydrogen-bond donors (Lipinski definition) is 0. The lowest BCUT2D eigenvalue weighted by molar-refractivity contribution is 0.0725. The topological polar surface area (TPSA) is 42.2 Å². The summed E-state index contributed by atoms with van der Waals surface area (Å²) in [6.07, 6.45) is 15.7. The maximum absolute atomic E-state index is 9.35. The van der Waals surface area contributed by atoms with Crippen LogP contribution in [-0.4, -0.2) is 28.8 Å². The molecule has 3 saturated carbocycles. The van der Waals surface area contributed by atoms with Gasteiger partial charge in [0, 0.05) is 6.42 Å². The zero-order valence-corrected chi connectivity index (χ0v) is 29.7. The fourth-order valence-corrected chi connectivity index (χ4v) is 10.1. The maximum atomic E-state index is 9.35. The summed E-state index contributed by atoms with van der Waals surface area (Å²) in [4.78, 5) is 0. The van der Waals surface area contributed by atoms with Crippen molar-refractivity contribution in [2.24, 2.45) is 23.2 Å². The third-order valence-corrected chi connectivity index (χ3v) is 20.8. The van der Waals surface area contributed by atoms with Gasteiger partial charge in [0.15, 0.2) is 16.6 Å². The van der Waals surface area contributed by atoms with Crippen molar-refractivity contribution in [3.63, 3.8) is 0 Å². The molecule has 3 aliphatic carbocycles. The average Bonchev–Trinajstić information content (AvgIpc) is 3.13. The van der Waals surface area contributed by atoms with Crippen molar-refractivity contribution in [2.45, 2.75) is 162 Å². The molecule has 0 bridgehead atoms. The zero-order valence-electron chi connectivity index (χ0n) is 27.7. The van der Waals surface area contributed by atoms with Gasteiger partial charge in [-0.15, -0.1) is 0 Å². The molecule has 0 aromatic rings. The smallest absolute Gasteiger partial charge is 0.192 e. The van der Waals surface area contributed by atoms with Crippen LogP contribution in [0.3, 0.4) is 0 Å². The van der Waals surface area contributed by atoms with E-state index in [1.165, 1.54) is 37.7 Å². The Bertz CT molecular complexity index is 923. The Hall–Kier alpha value is -0.676. The van der Waals surface area contributed by atoms with Gasteiger partial charge in [-0.1, -0.05) is 78.7 Å². The first-order chi connectivity index (χ1) is 17.8. The average molecular weight is 572 g/mol. The molecular formula is C34H61NO2Si2. The van der Waals surface area contributed by atoms with Crippen LogP contribution in [0.25, 0.3) is 0 Å². The van der Waals surface area contributed by atoms with Crippen LogP contribution in [0.15, 0.2) is 23.3 Å². The van der Waals surface area contributed by atoms with Crippen LogP contribution in [-0.2, 0) is 8.85 Å². The van der Waals surface area contributed by atoms with Crippen LogP contribution < -0.4 is 0 Å². The molecule has 0 heterocycles. The Kier molecular flexibility index (Phi) is 10.0. The molecule has 3 rings (SSSR count). The van der Waals surface area contributed by atoms with Crippen LogP contribution in [0.5, 0.6) is 0 Å². The first kappa shape index (κ1) is 32.8. The highest BCUT2D eigenvalue weighted by molar-refractivity contribution is 6.74. The van der Waals surface area contributed by atoms with E-state index in [0.717, 1.165) is 19.3 Å². The molecule has 0 saturated heterocycles. The summed E-state index contributed by atoms with van der Waals surface area (Å²) in [5.41, 5.74) is 3.53. The minimum absolute atomic E-state index is 0.209. The quantitative estimate of drug-likeness (QED) is 0.285. The Morgan fingerprint density at radius 1 is 0.949 bits per heavy atom. The van der Waals surface area contributed by atoms with Gasteiger partial charge in [-0.25, -0.2) is 0 Å². The van der Waals surface area contributed by atoms with Gasteiger partial charge in [0.2, 0.25) is 0 Å². The van der Waals surface area contributed by atoms with E-state index >= 15 is 0 Å². The molecule has 3 aliphatic rings. The van der Waals surface area contributed by atoms with Gasteiger partial charge in [0.05, 0.1) is 18.3 Å². The van der Waals surface area contributed by atoms with Gasteiger partial charge >= 0.3 is 0 Å². The second-order valence-electron chi connectivity index (χ2n) is 16.6. The van der Waals surface area contributed by atoms with Crippen molar-refractivity contribution in [2.75, 3.05) is 0 Å². The molecule has 3 fully saturated rings. The summed E-state index contributed by atoms with van der Waals surface area (Å²) in [5.74, 6) is 1.86. The summed E-state index contributed by atoms with van der Waals surface area (Å²) in [5, 5.41) is 9.76. The molecule has 5 heteroatoms. The van der Waals surface area contributed by atoms with Crippen molar-refractivity contribution in [1.82, 2.24) is 0 Å². The lowest BCUT2D eigenvalue weighted by Crippen LogP contribution is -2.48. The molecule has 0 aromatic heterocycles. The van der Waals surface area contributed by atoms with Crippen molar-refractivity contribution < 1.29 is 8.85 Å². The van der Waals surface area contributed by atoms with Crippen LogP contribution >= 0.6 is 0 Å². The molecule has 6 atom stereocenters. The van der Waals surface area contributed by atoms with Crippen molar-refractivity contribution in [3.8, 4) is 6.07 Å². The van der Waals surface area contributed by atoms with Crippen LogP contribution in [0.1, 0.15) is 113 Å². The van der Waals surface area contributed by atoms with Crippen molar-refractivity contribution in [3.05, 3.63) is 23.3 Å².